The van der Waals surface area contributed by atoms with Gasteiger partial charge in [-0.25, -0.2) is 0 Å². The first-order valence-electron chi connectivity index (χ1n) is 4.74. The molecule has 0 amide bonds. The Hall–Kier alpha value is -0.820. The Morgan fingerprint density at radius 3 is 2.12 bits per heavy atom. The number of halogens is 5. The predicted octanol–water partition coefficient (Wildman–Crippen LogP) is 3.32. The van der Waals surface area contributed by atoms with Gasteiger partial charge in [0.25, 0.3) is 0 Å². The van der Waals surface area contributed by atoms with E-state index in [1.807, 2.05) is 0 Å². The second kappa shape index (κ2) is 6.20. The van der Waals surface area contributed by atoms with E-state index in [1.165, 1.54) is 0 Å². The Kier molecular flexibility index (Phi) is 5.20. The van der Waals surface area contributed by atoms with E-state index in [9.17, 15) is 13.2 Å². The molecule has 0 aliphatic rings. The second-order valence-electron chi connectivity index (χ2n) is 3.20. The number of alkyl halides is 3. The minimum absolute atomic E-state index is 0.0447. The zero-order valence-corrected chi connectivity index (χ0v) is 10.1. The Labute approximate surface area is 106 Å². The van der Waals surface area contributed by atoms with E-state index in [-0.39, 0.29) is 22.9 Å². The zero-order chi connectivity index (χ0) is 12.9. The van der Waals surface area contributed by atoms with Gasteiger partial charge >= 0.3 is 6.18 Å². The number of hydrogen-bond acceptors (Lipinski definition) is 4. The average Bonchev–Trinajstić information content (AvgIpc) is 2.13. The molecule has 1 N–H and O–H groups in total. The summed E-state index contributed by atoms with van der Waals surface area (Å²) in [6, 6.07) is 0. The fourth-order valence-electron chi connectivity index (χ4n) is 1.06. The number of rotatable bonds is 5. The van der Waals surface area contributed by atoms with Crippen molar-refractivity contribution in [2.24, 2.45) is 0 Å². The van der Waals surface area contributed by atoms with E-state index in [2.05, 4.69) is 20.3 Å². The van der Waals surface area contributed by atoms with Crippen molar-refractivity contribution in [1.29, 1.82) is 0 Å². The molecular formula is C8H9Cl2F3N4. The van der Waals surface area contributed by atoms with Gasteiger partial charge in [0.2, 0.25) is 16.5 Å². The van der Waals surface area contributed by atoms with Gasteiger partial charge in [0.1, 0.15) is 0 Å². The van der Waals surface area contributed by atoms with Gasteiger partial charge in [-0.2, -0.15) is 28.1 Å². The summed E-state index contributed by atoms with van der Waals surface area (Å²) in [5, 5.41) is 2.58. The van der Waals surface area contributed by atoms with Crippen LogP contribution in [0.2, 0.25) is 10.6 Å². The van der Waals surface area contributed by atoms with Crippen LogP contribution in [-0.4, -0.2) is 27.7 Å². The van der Waals surface area contributed by atoms with E-state index in [0.717, 1.165) is 0 Å². The predicted molar refractivity (Wildman–Crippen MR) is 58.2 cm³/mol. The smallest absolute Gasteiger partial charge is 0.354 e. The molecule has 9 heteroatoms. The van der Waals surface area contributed by atoms with Crippen LogP contribution in [0.15, 0.2) is 0 Å². The van der Waals surface area contributed by atoms with Crippen LogP contribution in [-0.2, 0) is 0 Å². The highest BCUT2D eigenvalue weighted by atomic mass is 35.5. The van der Waals surface area contributed by atoms with Crippen molar-refractivity contribution >= 4 is 29.2 Å². The quantitative estimate of drug-likeness (QED) is 0.845. The number of nitrogens with one attached hydrogen (secondary N) is 1. The second-order valence-corrected chi connectivity index (χ2v) is 3.87. The molecule has 1 aromatic rings. The van der Waals surface area contributed by atoms with E-state index in [1.54, 1.807) is 0 Å². The molecule has 0 radical (unpaired) electrons. The van der Waals surface area contributed by atoms with Gasteiger partial charge in [0, 0.05) is 13.0 Å². The van der Waals surface area contributed by atoms with Crippen molar-refractivity contribution in [2.75, 3.05) is 11.9 Å². The summed E-state index contributed by atoms with van der Waals surface area (Å²) in [6.45, 7) is 0.312. The lowest BCUT2D eigenvalue weighted by Gasteiger charge is -2.06. The maximum absolute atomic E-state index is 11.8. The standard InChI is InChI=1S/C8H9Cl2F3N4/c9-5-15-6(10)17-7(16-5)14-4-2-1-3-8(11,12)13/h1-4H2,(H,14,15,16,17). The molecule has 0 aliphatic carbocycles. The first kappa shape index (κ1) is 14.2. The molecule has 1 heterocycles. The first-order chi connectivity index (χ1) is 7.87. The van der Waals surface area contributed by atoms with Crippen molar-refractivity contribution in [3.63, 3.8) is 0 Å². The lowest BCUT2D eigenvalue weighted by Crippen LogP contribution is -2.10. The number of anilines is 1. The summed E-state index contributed by atoms with van der Waals surface area (Å²) in [5.41, 5.74) is 0. The van der Waals surface area contributed by atoms with Crippen molar-refractivity contribution < 1.29 is 13.2 Å². The highest BCUT2D eigenvalue weighted by Crippen LogP contribution is 2.22. The summed E-state index contributed by atoms with van der Waals surface area (Å²) >= 11 is 11.0. The topological polar surface area (TPSA) is 50.7 Å². The van der Waals surface area contributed by atoms with Crippen LogP contribution in [0.25, 0.3) is 0 Å². The molecular weight excluding hydrogens is 280 g/mol. The number of hydrogen-bond donors (Lipinski definition) is 1. The third kappa shape index (κ3) is 6.48. The van der Waals surface area contributed by atoms with Crippen molar-refractivity contribution in [2.45, 2.75) is 25.4 Å². The first-order valence-corrected chi connectivity index (χ1v) is 5.50. The number of aromatic nitrogens is 3. The fraction of sp³-hybridized carbons (Fsp3) is 0.625. The van der Waals surface area contributed by atoms with Crippen LogP contribution in [0.1, 0.15) is 19.3 Å². The molecule has 0 atom stereocenters. The molecule has 0 unspecified atom stereocenters. The summed E-state index contributed by atoms with van der Waals surface area (Å²) in [7, 11) is 0. The monoisotopic (exact) mass is 288 g/mol. The van der Waals surface area contributed by atoms with E-state index >= 15 is 0 Å². The van der Waals surface area contributed by atoms with Crippen molar-refractivity contribution in [3.05, 3.63) is 10.6 Å². The number of unbranched alkanes of at least 4 members (excludes halogenated alkanes) is 1. The highest BCUT2D eigenvalue weighted by molar-refractivity contribution is 6.31. The van der Waals surface area contributed by atoms with Crippen molar-refractivity contribution in [3.8, 4) is 0 Å². The summed E-state index contributed by atoms with van der Waals surface area (Å²) in [6.07, 6.45) is -4.52. The summed E-state index contributed by atoms with van der Waals surface area (Å²) in [5.74, 6) is 0.155. The van der Waals surface area contributed by atoms with E-state index < -0.39 is 12.6 Å². The van der Waals surface area contributed by atoms with Gasteiger partial charge in [-0.3, -0.25) is 0 Å². The maximum Gasteiger partial charge on any atom is 0.389 e. The van der Waals surface area contributed by atoms with Gasteiger partial charge in [0.15, 0.2) is 0 Å². The molecule has 0 aliphatic heterocycles. The Morgan fingerprint density at radius 2 is 1.59 bits per heavy atom. The Morgan fingerprint density at radius 1 is 1.00 bits per heavy atom. The minimum Gasteiger partial charge on any atom is -0.354 e. The summed E-state index contributed by atoms with van der Waals surface area (Å²) in [4.78, 5) is 10.9. The third-order valence-corrected chi connectivity index (χ3v) is 2.09. The lowest BCUT2D eigenvalue weighted by molar-refractivity contribution is -0.135. The Balaban J connectivity index is 2.27. The van der Waals surface area contributed by atoms with Crippen molar-refractivity contribution in [1.82, 2.24) is 15.0 Å². The number of nitrogens with zero attached hydrogens (tertiary/aromatic N) is 3. The molecule has 0 saturated carbocycles. The third-order valence-electron chi connectivity index (χ3n) is 1.75. The van der Waals surface area contributed by atoms with Crippen LogP contribution in [0, 0.1) is 0 Å². The summed E-state index contributed by atoms with van der Waals surface area (Å²) < 4.78 is 35.5. The van der Waals surface area contributed by atoms with Gasteiger partial charge in [-0.05, 0) is 36.0 Å². The molecule has 0 bridgehead atoms. The molecule has 0 fully saturated rings. The van der Waals surface area contributed by atoms with E-state index in [0.29, 0.717) is 13.0 Å². The van der Waals surface area contributed by atoms with Crippen LogP contribution < -0.4 is 5.32 Å². The Bertz CT molecular complexity index is 352. The van der Waals surface area contributed by atoms with Gasteiger partial charge in [0.05, 0.1) is 0 Å². The minimum atomic E-state index is -4.11. The molecule has 17 heavy (non-hydrogen) atoms. The van der Waals surface area contributed by atoms with E-state index in [4.69, 9.17) is 23.2 Å². The van der Waals surface area contributed by atoms with Crippen LogP contribution in [0.3, 0.4) is 0 Å². The maximum atomic E-state index is 11.8. The zero-order valence-electron chi connectivity index (χ0n) is 8.56. The van der Waals surface area contributed by atoms with Gasteiger partial charge in [-0.1, -0.05) is 0 Å². The van der Waals surface area contributed by atoms with Gasteiger partial charge < -0.3 is 5.32 Å². The molecule has 0 aromatic carbocycles. The fourth-order valence-corrected chi connectivity index (χ4v) is 1.42. The highest BCUT2D eigenvalue weighted by Gasteiger charge is 2.25. The van der Waals surface area contributed by atoms with Gasteiger partial charge in [-0.15, -0.1) is 0 Å². The normalized spacial score (nSPS) is 11.6. The molecule has 4 nitrogen and oxygen atoms in total. The molecule has 1 rings (SSSR count). The largest absolute Gasteiger partial charge is 0.389 e. The SMILES string of the molecule is FC(F)(F)CCCCNc1nc(Cl)nc(Cl)n1. The molecule has 0 saturated heterocycles. The lowest BCUT2D eigenvalue weighted by atomic mass is 10.2. The molecule has 0 spiro atoms. The average molecular weight is 289 g/mol. The molecule has 96 valence electrons. The van der Waals surface area contributed by atoms with Crippen LogP contribution in [0.5, 0.6) is 0 Å². The van der Waals surface area contributed by atoms with Crippen LogP contribution >= 0.6 is 23.2 Å². The van der Waals surface area contributed by atoms with Crippen LogP contribution in [0.4, 0.5) is 19.1 Å². The molecule has 1 aromatic heterocycles.